The summed E-state index contributed by atoms with van der Waals surface area (Å²) in [5.74, 6) is -0.705. The van der Waals surface area contributed by atoms with Gasteiger partial charge in [0.25, 0.3) is 0 Å². The van der Waals surface area contributed by atoms with Crippen molar-refractivity contribution in [2.24, 2.45) is 33.9 Å². The molecule has 3 saturated heterocycles. The molecule has 3 aliphatic heterocycles. The van der Waals surface area contributed by atoms with Crippen LogP contribution in [0.2, 0.25) is 0 Å². The Kier molecular flexibility index (Phi) is 33.1. The topological polar surface area (TPSA) is 359 Å². The number of hydrazone groups is 2. The van der Waals surface area contributed by atoms with E-state index >= 15 is 0 Å². The smallest absolute Gasteiger partial charge is 0.410 e. The van der Waals surface area contributed by atoms with E-state index in [9.17, 15) is 48.3 Å². The lowest BCUT2D eigenvalue weighted by molar-refractivity contribution is -0.141. The summed E-state index contributed by atoms with van der Waals surface area (Å²) in [6, 6.07) is 58.3. The van der Waals surface area contributed by atoms with Gasteiger partial charge in [-0.05, 0) is 144 Å². The second kappa shape index (κ2) is 45.2. The Hall–Kier alpha value is -11.9. The van der Waals surface area contributed by atoms with E-state index < -0.39 is 42.3 Å². The number of carboxylic acid groups (broad SMARTS) is 1. The number of benzene rings is 7. The number of fused-ring (bicyclic) bond motifs is 6. The number of carboxylic acids is 1. The van der Waals surface area contributed by atoms with Crippen LogP contribution in [0.1, 0.15) is 148 Å². The second-order valence-electron chi connectivity index (χ2n) is 32.1. The normalized spacial score (nSPS) is 21.8. The standard InChI is InChI=1S/C41H50N6O6.C27H25NO5.C26H40N6O4/c1-3-30(23-44-46-40(50)43-22-27-17-19-29(20-18-27)38(48)42-2)45-39(49)37-21-31(52-25-28-11-5-4-6-12-28)24-47(37)41(51)53-26-36-34-15-9-7-13-32(34)33-14-8-10-16-35(33)36;29-26(30)25-14-19(32-16-18-8-2-1-3-9-18)15-28(25)27(31)33-17-24-22-12-6-4-10-20(22)21-11-5-7-13-23(21)24;1-3-21(15-30-32-26(35)29-14-18-9-11-20(12-10-18)24(33)27-2)31-25(34)23-13-22(16-28-23)36-17-19-7-5-4-6-8-19/h4-16,23,27,29-31,36-37H,3,17-22,24-26H2,1-2H3,(H,42,48)(H,45,49)(H2,43,46,50);1-13,19,24-25H,14-17H2,(H,29,30);4-8,15,18,20-23,28H,3,9-14,16-17H2,1-2H3,(H,27,33)(H,31,34)(H2,29,32,35)/b44-23+;;30-15+/t27?,29?,30-,31+,37-;19-,25+;18?,20?,21-,22+,23-/m010/s1. The minimum Gasteiger partial charge on any atom is -0.480 e. The van der Waals surface area contributed by atoms with Gasteiger partial charge in [0.15, 0.2) is 0 Å². The largest absolute Gasteiger partial charge is 0.480 e. The molecule has 0 radical (unpaired) electrons. The first-order chi connectivity index (χ1) is 59.4. The van der Waals surface area contributed by atoms with E-state index in [4.69, 9.17) is 23.7 Å². The van der Waals surface area contributed by atoms with Gasteiger partial charge >= 0.3 is 30.2 Å². The van der Waals surface area contributed by atoms with Crippen LogP contribution < -0.4 is 48.1 Å². The summed E-state index contributed by atoms with van der Waals surface area (Å²) in [6.45, 7) is 7.48. The average Bonchev–Trinajstić information content (AvgIpc) is 1.61. The zero-order valence-corrected chi connectivity index (χ0v) is 69.9. The molecular formula is C94H115N13O15. The minimum atomic E-state index is -1.05. The summed E-state index contributed by atoms with van der Waals surface area (Å²) < 4.78 is 29.7. The summed E-state index contributed by atoms with van der Waals surface area (Å²) >= 11 is 0. The van der Waals surface area contributed by atoms with Gasteiger partial charge in [0, 0.05) is 82.7 Å². The fourth-order valence-electron chi connectivity index (χ4n) is 17.1. The maximum Gasteiger partial charge on any atom is 0.410 e. The zero-order chi connectivity index (χ0) is 85.7. The number of carbonyl (C=O) groups excluding carboxylic acids is 8. The van der Waals surface area contributed by atoms with E-state index in [-0.39, 0.29) is 116 Å². The SMILES string of the molecule is CC[C@@H](/C=N/NC(=O)NCC1CCC(C(=O)NC)CC1)NC(=O)[C@@H]1C[C@@H](OCc2ccccc2)CN1.CC[C@@H](/C=N/NC(=O)NCC1CCC(C(=O)NC)CC1)NC(=O)[C@@H]1C[C@@H](OCc2ccccc2)CN1C(=O)OCC1c2ccccc2-c2ccccc21.O=C(O)[C@@H]1C[C@@H](OCc2ccccc2)CN1C(=O)OCC1c2ccccc2-c2ccccc21. The van der Waals surface area contributed by atoms with Gasteiger partial charge in [0.2, 0.25) is 23.6 Å². The highest BCUT2D eigenvalue weighted by Gasteiger charge is 2.44. The van der Waals surface area contributed by atoms with Gasteiger partial charge in [-0.25, -0.2) is 34.8 Å². The van der Waals surface area contributed by atoms with Crippen LogP contribution in [0.25, 0.3) is 22.3 Å². The average molecular weight is 1670 g/mol. The predicted octanol–water partition coefficient (Wildman–Crippen LogP) is 11.7. The van der Waals surface area contributed by atoms with Gasteiger partial charge in [-0.15, -0.1) is 0 Å². The molecule has 0 bridgehead atoms. The summed E-state index contributed by atoms with van der Waals surface area (Å²) in [7, 11) is 3.32. The highest BCUT2D eigenvalue weighted by atomic mass is 16.6. The Bertz CT molecular complexity index is 4610. The molecule has 4 aliphatic carbocycles. The van der Waals surface area contributed by atoms with Crippen LogP contribution in [-0.4, -0.2) is 190 Å². The van der Waals surface area contributed by atoms with Gasteiger partial charge in [0.1, 0.15) is 25.3 Å². The van der Waals surface area contributed by atoms with Crippen LogP contribution in [0.3, 0.4) is 0 Å². The molecule has 122 heavy (non-hydrogen) atoms. The third-order valence-corrected chi connectivity index (χ3v) is 24.1. The molecule has 7 aromatic rings. The number of carbonyl (C=O) groups is 9. The maximum atomic E-state index is 13.8. The number of hydrogen-bond donors (Lipinski definition) is 10. The number of rotatable bonds is 30. The zero-order valence-electron chi connectivity index (χ0n) is 69.9. The molecule has 3 heterocycles. The fourth-order valence-corrected chi connectivity index (χ4v) is 17.1. The van der Waals surface area contributed by atoms with Crippen LogP contribution in [0, 0.1) is 23.7 Å². The third kappa shape index (κ3) is 24.7. The molecule has 10 amide bonds. The molecule has 0 unspecified atom stereocenters. The van der Waals surface area contributed by atoms with Crippen molar-refractivity contribution in [3.05, 3.63) is 227 Å². The number of hydrogen-bond acceptors (Lipinski definition) is 17. The van der Waals surface area contributed by atoms with Gasteiger partial charge < -0.3 is 66.0 Å². The van der Waals surface area contributed by atoms with Gasteiger partial charge in [-0.2, -0.15) is 10.2 Å². The van der Waals surface area contributed by atoms with Crippen molar-refractivity contribution in [2.45, 2.75) is 177 Å². The van der Waals surface area contributed by atoms with Crippen molar-refractivity contribution in [3.8, 4) is 22.3 Å². The predicted molar refractivity (Wildman–Crippen MR) is 463 cm³/mol. The fraction of sp³-hybridized carbons (Fsp3) is 0.436. The van der Waals surface area contributed by atoms with E-state index in [0.717, 1.165) is 113 Å². The number of aliphatic carboxylic acids is 1. The number of nitrogens with one attached hydrogen (secondary N) is 9. The van der Waals surface area contributed by atoms with E-state index in [1.165, 1.54) is 16.0 Å². The molecular weight excluding hydrogens is 1550 g/mol. The molecule has 10 N–H and O–H groups in total. The van der Waals surface area contributed by atoms with Gasteiger partial charge in [-0.1, -0.05) is 202 Å². The minimum absolute atomic E-state index is 0.0149. The van der Waals surface area contributed by atoms with Gasteiger partial charge in [0.05, 0.1) is 69.3 Å². The number of ether oxygens (including phenoxy) is 5. The molecule has 7 aromatic carbocycles. The maximum absolute atomic E-state index is 13.8. The van der Waals surface area contributed by atoms with Crippen LogP contribution in [0.5, 0.6) is 0 Å². The lowest BCUT2D eigenvalue weighted by Gasteiger charge is -2.27. The van der Waals surface area contributed by atoms with E-state index in [1.807, 2.05) is 153 Å². The Morgan fingerprint density at radius 1 is 0.443 bits per heavy atom. The molecule has 0 aromatic heterocycles. The van der Waals surface area contributed by atoms with E-state index in [2.05, 4.69) is 107 Å². The Balaban J connectivity index is 0.000000174. The number of likely N-dealkylation sites (tertiary alicyclic amines) is 2. The number of amides is 10. The van der Waals surface area contributed by atoms with Crippen LogP contribution in [-0.2, 0) is 67.5 Å². The van der Waals surface area contributed by atoms with Crippen LogP contribution in [0.15, 0.2) is 198 Å². The first kappa shape index (κ1) is 89.4. The highest BCUT2D eigenvalue weighted by Crippen LogP contribution is 2.46. The molecule has 646 valence electrons. The molecule has 14 rings (SSSR count). The van der Waals surface area contributed by atoms with Crippen molar-refractivity contribution < 1.29 is 71.9 Å². The first-order valence-electron chi connectivity index (χ1n) is 42.8. The Labute approximate surface area is 713 Å². The van der Waals surface area contributed by atoms with E-state index in [1.54, 1.807) is 20.3 Å². The Morgan fingerprint density at radius 3 is 1.17 bits per heavy atom. The molecule has 8 atom stereocenters. The van der Waals surface area contributed by atoms with Crippen molar-refractivity contribution in [2.75, 3.05) is 60.0 Å². The highest BCUT2D eigenvalue weighted by molar-refractivity contribution is 5.90. The summed E-state index contributed by atoms with van der Waals surface area (Å²) in [5.41, 5.74) is 17.1. The molecule has 28 nitrogen and oxygen atoms in total. The first-order valence-corrected chi connectivity index (χ1v) is 42.8. The van der Waals surface area contributed by atoms with Crippen molar-refractivity contribution in [1.29, 1.82) is 0 Å². The molecule has 2 saturated carbocycles. The number of urea groups is 2. The van der Waals surface area contributed by atoms with Crippen molar-refractivity contribution in [1.82, 2.24) is 57.9 Å². The van der Waals surface area contributed by atoms with Crippen molar-refractivity contribution >= 4 is 66.3 Å². The molecule has 0 spiro atoms. The van der Waals surface area contributed by atoms with Crippen LogP contribution in [0.4, 0.5) is 19.2 Å². The summed E-state index contributed by atoms with van der Waals surface area (Å²) in [5, 5.41) is 38.1. The second-order valence-corrected chi connectivity index (χ2v) is 32.1. The number of nitrogens with zero attached hydrogens (tertiary/aromatic N) is 4. The molecule has 5 fully saturated rings. The molecule has 7 aliphatic rings. The monoisotopic (exact) mass is 1670 g/mol. The third-order valence-electron chi connectivity index (χ3n) is 24.1. The molecule has 28 heteroatoms. The lowest BCUT2D eigenvalue weighted by atomic mass is 9.81. The quantitative estimate of drug-likeness (QED) is 0.0148. The van der Waals surface area contributed by atoms with E-state index in [0.29, 0.717) is 77.0 Å². The summed E-state index contributed by atoms with van der Waals surface area (Å²) in [6.07, 6.45) is 10.3. The Morgan fingerprint density at radius 2 is 0.795 bits per heavy atom. The van der Waals surface area contributed by atoms with Crippen LogP contribution >= 0.6 is 0 Å². The van der Waals surface area contributed by atoms with Gasteiger partial charge in [-0.3, -0.25) is 29.0 Å². The summed E-state index contributed by atoms with van der Waals surface area (Å²) in [4.78, 5) is 116. The van der Waals surface area contributed by atoms with Crippen molar-refractivity contribution in [3.63, 3.8) is 0 Å². The lowest BCUT2D eigenvalue weighted by Crippen LogP contribution is -2.49.